The third-order valence-corrected chi connectivity index (χ3v) is 2.54. The fourth-order valence-corrected chi connectivity index (χ4v) is 1.73. The summed E-state index contributed by atoms with van der Waals surface area (Å²) in [4.78, 5) is 0. The van der Waals surface area contributed by atoms with Gasteiger partial charge in [0.25, 0.3) is 0 Å². The number of nitrogen functional groups attached to an aromatic ring is 1. The first kappa shape index (κ1) is 10.9. The van der Waals surface area contributed by atoms with Gasteiger partial charge in [-0.3, -0.25) is 0 Å². The van der Waals surface area contributed by atoms with Crippen molar-refractivity contribution in [3.63, 3.8) is 0 Å². The summed E-state index contributed by atoms with van der Waals surface area (Å²) in [5.74, 6) is -1.78. The Labute approximate surface area is 96.5 Å². The van der Waals surface area contributed by atoms with Crippen LogP contribution in [0.1, 0.15) is 0 Å². The van der Waals surface area contributed by atoms with E-state index < -0.39 is 11.6 Å². The smallest absolute Gasteiger partial charge is 0.159 e. The predicted molar refractivity (Wildman–Crippen MR) is 61.2 cm³/mol. The number of nitrogens with two attached hydrogens (primary N) is 1. The van der Waals surface area contributed by atoms with Crippen LogP contribution in [0.2, 0.25) is 5.02 Å². The number of hydrogen-bond donors (Lipinski definition) is 1. The molecule has 0 heterocycles. The maximum absolute atomic E-state index is 13.0. The molecular weight excluding hydrogens is 232 g/mol. The number of anilines is 1. The fourth-order valence-electron chi connectivity index (χ4n) is 1.43. The van der Waals surface area contributed by atoms with Gasteiger partial charge in [0.05, 0.1) is 5.02 Å². The largest absolute Gasteiger partial charge is 0.399 e. The van der Waals surface area contributed by atoms with Crippen molar-refractivity contribution in [2.45, 2.75) is 0 Å². The molecule has 0 atom stereocenters. The molecule has 0 fully saturated rings. The molecule has 0 aliphatic carbocycles. The maximum atomic E-state index is 13.0. The molecule has 2 aromatic carbocycles. The van der Waals surface area contributed by atoms with Crippen molar-refractivity contribution >= 4 is 17.3 Å². The maximum Gasteiger partial charge on any atom is 0.159 e. The second kappa shape index (κ2) is 4.10. The SMILES string of the molecule is Nc1ccc(-c2ccc(F)c(F)c2)c(Cl)c1. The second-order valence-electron chi connectivity index (χ2n) is 3.37. The summed E-state index contributed by atoms with van der Waals surface area (Å²) in [5.41, 5.74) is 7.20. The monoisotopic (exact) mass is 239 g/mol. The summed E-state index contributed by atoms with van der Waals surface area (Å²) in [6.07, 6.45) is 0. The van der Waals surface area contributed by atoms with E-state index in [9.17, 15) is 8.78 Å². The average molecular weight is 240 g/mol. The van der Waals surface area contributed by atoms with E-state index in [1.807, 2.05) is 0 Å². The highest BCUT2D eigenvalue weighted by molar-refractivity contribution is 6.33. The van der Waals surface area contributed by atoms with Crippen molar-refractivity contribution in [3.8, 4) is 11.1 Å². The first-order valence-electron chi connectivity index (χ1n) is 4.58. The van der Waals surface area contributed by atoms with Gasteiger partial charge in [-0.05, 0) is 29.8 Å². The van der Waals surface area contributed by atoms with E-state index in [1.165, 1.54) is 6.07 Å². The summed E-state index contributed by atoms with van der Waals surface area (Å²) in [5, 5.41) is 0.408. The quantitative estimate of drug-likeness (QED) is 0.751. The highest BCUT2D eigenvalue weighted by Crippen LogP contribution is 2.30. The summed E-state index contributed by atoms with van der Waals surface area (Å²) in [6.45, 7) is 0. The molecule has 2 rings (SSSR count). The molecule has 0 aliphatic heterocycles. The Bertz CT molecular complexity index is 541. The third-order valence-electron chi connectivity index (χ3n) is 2.22. The molecule has 0 saturated carbocycles. The van der Waals surface area contributed by atoms with Crippen LogP contribution in [0, 0.1) is 11.6 Å². The fraction of sp³-hybridized carbons (Fsp3) is 0. The lowest BCUT2D eigenvalue weighted by Crippen LogP contribution is -1.88. The lowest BCUT2D eigenvalue weighted by molar-refractivity contribution is 0.509. The Morgan fingerprint density at radius 2 is 1.69 bits per heavy atom. The van der Waals surface area contributed by atoms with Gasteiger partial charge in [0.15, 0.2) is 11.6 Å². The molecule has 0 aliphatic rings. The van der Waals surface area contributed by atoms with Gasteiger partial charge in [0.1, 0.15) is 0 Å². The molecule has 0 bridgehead atoms. The van der Waals surface area contributed by atoms with E-state index in [2.05, 4.69) is 0 Å². The first-order valence-corrected chi connectivity index (χ1v) is 4.96. The van der Waals surface area contributed by atoms with Gasteiger partial charge in [-0.25, -0.2) is 8.78 Å². The van der Waals surface area contributed by atoms with E-state index in [0.29, 0.717) is 21.8 Å². The zero-order valence-corrected chi connectivity index (χ0v) is 8.93. The molecule has 0 radical (unpaired) electrons. The number of rotatable bonds is 1. The number of benzene rings is 2. The molecule has 82 valence electrons. The van der Waals surface area contributed by atoms with Gasteiger partial charge in [-0.1, -0.05) is 23.7 Å². The molecule has 0 amide bonds. The van der Waals surface area contributed by atoms with Crippen LogP contribution in [0.15, 0.2) is 36.4 Å². The van der Waals surface area contributed by atoms with Gasteiger partial charge in [-0.15, -0.1) is 0 Å². The lowest BCUT2D eigenvalue weighted by atomic mass is 10.1. The molecule has 0 saturated heterocycles. The van der Waals surface area contributed by atoms with Gasteiger partial charge < -0.3 is 5.73 Å². The van der Waals surface area contributed by atoms with Crippen LogP contribution in [-0.4, -0.2) is 0 Å². The highest BCUT2D eigenvalue weighted by Gasteiger charge is 2.07. The molecule has 2 aromatic rings. The number of hydrogen-bond acceptors (Lipinski definition) is 1. The van der Waals surface area contributed by atoms with Crippen LogP contribution in [-0.2, 0) is 0 Å². The van der Waals surface area contributed by atoms with Crippen molar-refractivity contribution in [2.75, 3.05) is 5.73 Å². The van der Waals surface area contributed by atoms with Crippen LogP contribution in [0.4, 0.5) is 14.5 Å². The molecule has 4 heteroatoms. The zero-order valence-electron chi connectivity index (χ0n) is 8.18. The van der Waals surface area contributed by atoms with E-state index in [1.54, 1.807) is 18.2 Å². The van der Waals surface area contributed by atoms with Gasteiger partial charge in [0.2, 0.25) is 0 Å². The van der Waals surface area contributed by atoms with Crippen molar-refractivity contribution in [3.05, 3.63) is 53.1 Å². The molecule has 0 spiro atoms. The van der Waals surface area contributed by atoms with Crippen molar-refractivity contribution in [1.82, 2.24) is 0 Å². The van der Waals surface area contributed by atoms with Crippen LogP contribution >= 0.6 is 11.6 Å². The van der Waals surface area contributed by atoms with Crippen LogP contribution in [0.5, 0.6) is 0 Å². The lowest BCUT2D eigenvalue weighted by Gasteiger charge is -2.05. The number of halogens is 3. The topological polar surface area (TPSA) is 26.0 Å². The summed E-state index contributed by atoms with van der Waals surface area (Å²) < 4.78 is 25.8. The van der Waals surface area contributed by atoms with Crippen molar-refractivity contribution in [2.24, 2.45) is 0 Å². The van der Waals surface area contributed by atoms with Gasteiger partial charge in [-0.2, -0.15) is 0 Å². The molecule has 0 aromatic heterocycles. The van der Waals surface area contributed by atoms with Gasteiger partial charge in [0, 0.05) is 11.3 Å². The average Bonchev–Trinajstić information content (AvgIpc) is 2.22. The second-order valence-corrected chi connectivity index (χ2v) is 3.78. The van der Waals surface area contributed by atoms with E-state index in [0.717, 1.165) is 12.1 Å². The first-order chi connectivity index (χ1) is 7.58. The molecule has 2 N–H and O–H groups in total. The van der Waals surface area contributed by atoms with Crippen LogP contribution in [0.3, 0.4) is 0 Å². The molecule has 0 unspecified atom stereocenters. The van der Waals surface area contributed by atoms with E-state index >= 15 is 0 Å². The minimum Gasteiger partial charge on any atom is -0.399 e. The Kier molecular flexibility index (Phi) is 2.79. The zero-order chi connectivity index (χ0) is 11.7. The Morgan fingerprint density at radius 1 is 0.938 bits per heavy atom. The minimum absolute atomic E-state index is 0.408. The van der Waals surface area contributed by atoms with Crippen LogP contribution < -0.4 is 5.73 Å². The minimum atomic E-state index is -0.898. The molecule has 1 nitrogen and oxygen atoms in total. The summed E-state index contributed by atoms with van der Waals surface area (Å²) in [6, 6.07) is 8.53. The Morgan fingerprint density at radius 3 is 2.31 bits per heavy atom. The summed E-state index contributed by atoms with van der Waals surface area (Å²) in [7, 11) is 0. The van der Waals surface area contributed by atoms with E-state index in [4.69, 9.17) is 17.3 Å². The highest BCUT2D eigenvalue weighted by atomic mass is 35.5. The van der Waals surface area contributed by atoms with Crippen molar-refractivity contribution in [1.29, 1.82) is 0 Å². The van der Waals surface area contributed by atoms with Crippen molar-refractivity contribution < 1.29 is 8.78 Å². The predicted octanol–water partition coefficient (Wildman–Crippen LogP) is 3.87. The van der Waals surface area contributed by atoms with E-state index in [-0.39, 0.29) is 0 Å². The molecule has 16 heavy (non-hydrogen) atoms. The normalized spacial score (nSPS) is 10.4. The Balaban J connectivity index is 2.54. The third kappa shape index (κ3) is 1.99. The summed E-state index contributed by atoms with van der Waals surface area (Å²) >= 11 is 5.96. The molecular formula is C12H8ClF2N. The van der Waals surface area contributed by atoms with Gasteiger partial charge >= 0.3 is 0 Å². The standard InChI is InChI=1S/C12H8ClF2N/c13-10-6-8(16)2-3-9(10)7-1-4-11(14)12(15)5-7/h1-6H,16H2. The Hall–Kier alpha value is -1.61. The van der Waals surface area contributed by atoms with Crippen LogP contribution in [0.25, 0.3) is 11.1 Å².